The van der Waals surface area contributed by atoms with E-state index < -0.39 is 153 Å². The van der Waals surface area contributed by atoms with E-state index in [1.807, 2.05) is 19.1 Å². The lowest BCUT2D eigenvalue weighted by molar-refractivity contribution is -0.307. The number of ether oxygens (including phenoxy) is 4. The maximum Gasteiger partial charge on any atom is 0.308 e. The maximum absolute atomic E-state index is 13.5. The molecule has 2 amide bonds. The monoisotopic (exact) mass is 980 g/mol. The summed E-state index contributed by atoms with van der Waals surface area (Å²) in [7, 11) is 0. The SMILES string of the molecule is CC(=O)NNC(=O)[C@H]1[C@@H]2C[C@@H](O[C@@H]3O[C@H](C)[C@@H](O)[C@H](N)[C@@H]3O)/C=C/C=C\C=C/C=C\C=C/C=C\C=C/[C@H](C)[C@@H](O)[C@@H](C)[C@H](C)OC(=O)C[C@H](O)C[C@H](O)CC[C@@H](O)[C@H](O)C[C@H](O)C[C@](O)(C[C@@H]1O)O2. The van der Waals surface area contributed by atoms with Gasteiger partial charge in [-0.2, -0.15) is 0 Å². The number of cyclic esters (lactones) is 1. The van der Waals surface area contributed by atoms with Gasteiger partial charge in [-0.1, -0.05) is 98.9 Å². The number of hydrazine groups is 1. The van der Waals surface area contributed by atoms with E-state index in [1.165, 1.54) is 13.0 Å². The number of esters is 1. The largest absolute Gasteiger partial charge is 0.462 e. The Morgan fingerprint density at radius 1 is 0.667 bits per heavy atom. The van der Waals surface area contributed by atoms with Crippen LogP contribution in [0.15, 0.2) is 85.1 Å². The van der Waals surface area contributed by atoms with Crippen LogP contribution >= 0.6 is 0 Å². The van der Waals surface area contributed by atoms with Crippen molar-refractivity contribution in [3.63, 3.8) is 0 Å². The van der Waals surface area contributed by atoms with Gasteiger partial charge in [-0.05, 0) is 33.1 Å². The number of amides is 2. The van der Waals surface area contributed by atoms with Gasteiger partial charge < -0.3 is 75.7 Å². The average Bonchev–Trinajstić information content (AvgIpc) is 3.26. The topological polar surface area (TPSA) is 341 Å². The summed E-state index contributed by atoms with van der Waals surface area (Å²) >= 11 is 0. The van der Waals surface area contributed by atoms with E-state index in [-0.39, 0.29) is 31.6 Å². The summed E-state index contributed by atoms with van der Waals surface area (Å²) in [6.45, 7) is 7.88. The molecular formula is C49H77N3O17. The first kappa shape index (κ1) is 59.3. The minimum absolute atomic E-state index is 0.116. The fourth-order valence-corrected chi connectivity index (χ4v) is 8.22. The lowest BCUT2D eigenvalue weighted by atomic mass is 9.82. The number of allylic oxidation sites excluding steroid dienone is 12. The van der Waals surface area contributed by atoms with Crippen molar-refractivity contribution in [3.05, 3.63) is 85.1 Å². The van der Waals surface area contributed by atoms with E-state index in [4.69, 9.17) is 24.7 Å². The molecule has 3 aliphatic heterocycles. The molecule has 0 aromatic carbocycles. The van der Waals surface area contributed by atoms with Crippen molar-refractivity contribution in [3.8, 4) is 0 Å². The Morgan fingerprint density at radius 2 is 1.25 bits per heavy atom. The van der Waals surface area contributed by atoms with Crippen molar-refractivity contribution in [1.82, 2.24) is 10.9 Å². The van der Waals surface area contributed by atoms with Gasteiger partial charge in [-0.25, -0.2) is 0 Å². The molecule has 3 rings (SSSR count). The Kier molecular flexibility index (Phi) is 25.3. The number of carbonyl (C=O) groups excluding carboxylic acids is 3. The molecule has 2 saturated heterocycles. The standard InChI is InChI=1S/C49H77N3O17/c1-28-18-16-14-12-10-8-6-7-9-11-13-15-17-19-36(68-48-46(63)43(50)45(62)31(4)67-48)25-40-42(47(64)52-51-32(5)53)39(59)27-49(65,69-40)26-35(56)23-38(58)37(57)21-20-33(54)22-34(55)24-41(60)66-30(3)29(2)44(28)61/h6-19,28-31,33-40,42-46,48,54-59,61-63,65H,20-27,50H2,1-5H3,(H,51,53)(H,52,64)/b7-6-,10-8-,11-9-,14-12-,15-13-,18-16-,19-17+/t28-,29-,30-,31+,33+,34+,35-,36-,37+,38+,39-,40-,42+,43-,44+,45+,46-,48-,49+/m0/s1. The van der Waals surface area contributed by atoms with Crippen molar-refractivity contribution in [2.45, 2.75) is 183 Å². The van der Waals surface area contributed by atoms with Crippen LogP contribution in [0.3, 0.4) is 0 Å². The zero-order valence-corrected chi connectivity index (χ0v) is 40.0. The zero-order chi connectivity index (χ0) is 51.4. The fourth-order valence-electron chi connectivity index (χ4n) is 8.22. The van der Waals surface area contributed by atoms with Crippen molar-refractivity contribution in [2.75, 3.05) is 0 Å². The number of nitrogens with one attached hydrogen (secondary N) is 2. The molecule has 0 radical (unpaired) electrons. The number of hydrogen-bond acceptors (Lipinski definition) is 18. The zero-order valence-electron chi connectivity index (χ0n) is 40.0. The Bertz CT molecular complexity index is 1810. The molecule has 0 saturated carbocycles. The van der Waals surface area contributed by atoms with Gasteiger partial charge in [0.05, 0.1) is 85.5 Å². The molecule has 0 spiro atoms. The van der Waals surface area contributed by atoms with Crippen LogP contribution in [-0.2, 0) is 33.3 Å². The number of aliphatic hydroxyl groups excluding tert-OH is 9. The molecule has 2 fully saturated rings. The average molecular weight is 980 g/mol. The van der Waals surface area contributed by atoms with Gasteiger partial charge in [0.2, 0.25) is 11.8 Å². The van der Waals surface area contributed by atoms with Crippen LogP contribution in [0.5, 0.6) is 0 Å². The number of rotatable bonds is 3. The maximum atomic E-state index is 13.5. The van der Waals surface area contributed by atoms with Gasteiger partial charge in [0.25, 0.3) is 0 Å². The summed E-state index contributed by atoms with van der Waals surface area (Å²) in [6.07, 6.45) is 3.40. The van der Waals surface area contributed by atoms with Crippen LogP contribution < -0.4 is 16.6 Å². The highest BCUT2D eigenvalue weighted by atomic mass is 16.7. The van der Waals surface area contributed by atoms with Crippen LogP contribution in [0.25, 0.3) is 0 Å². The summed E-state index contributed by atoms with van der Waals surface area (Å²) in [5.41, 5.74) is 10.4. The van der Waals surface area contributed by atoms with Crippen molar-refractivity contribution in [2.24, 2.45) is 23.5 Å². The lowest BCUT2D eigenvalue weighted by Gasteiger charge is -2.46. The number of hydrogen-bond donors (Lipinski definition) is 13. The molecular weight excluding hydrogens is 903 g/mol. The number of aliphatic hydroxyl groups is 10. The number of carbonyl (C=O) groups is 3. The molecule has 69 heavy (non-hydrogen) atoms. The first-order chi connectivity index (χ1) is 32.5. The predicted octanol–water partition coefficient (Wildman–Crippen LogP) is -0.206. The Morgan fingerprint density at radius 3 is 1.84 bits per heavy atom. The second kappa shape index (κ2) is 29.4. The normalized spacial score (nSPS) is 43.4. The van der Waals surface area contributed by atoms with Gasteiger partial charge >= 0.3 is 5.97 Å². The van der Waals surface area contributed by atoms with Gasteiger partial charge in [0, 0.05) is 44.4 Å². The summed E-state index contributed by atoms with van der Waals surface area (Å²) < 4.78 is 23.5. The minimum Gasteiger partial charge on any atom is -0.462 e. The third kappa shape index (κ3) is 20.4. The second-order valence-corrected chi connectivity index (χ2v) is 18.4. The van der Waals surface area contributed by atoms with Crippen molar-refractivity contribution in [1.29, 1.82) is 0 Å². The molecule has 0 aromatic rings. The van der Waals surface area contributed by atoms with Gasteiger partial charge in [0.1, 0.15) is 12.2 Å². The van der Waals surface area contributed by atoms with Crippen molar-refractivity contribution >= 4 is 17.8 Å². The Hall–Kier alpha value is -3.97. The molecule has 20 heteroatoms. The highest BCUT2D eigenvalue weighted by Gasteiger charge is 2.51. The van der Waals surface area contributed by atoms with Gasteiger partial charge in [-0.3, -0.25) is 25.2 Å². The van der Waals surface area contributed by atoms with E-state index in [9.17, 15) is 65.4 Å². The van der Waals surface area contributed by atoms with E-state index >= 15 is 0 Å². The molecule has 390 valence electrons. The van der Waals surface area contributed by atoms with Crippen LogP contribution in [0.4, 0.5) is 0 Å². The third-order valence-electron chi connectivity index (χ3n) is 12.4. The van der Waals surface area contributed by atoms with E-state index in [2.05, 4.69) is 10.9 Å². The fraction of sp³-hybridized carbons (Fsp3) is 0.653. The molecule has 0 aromatic heterocycles. The number of fused-ring (bicyclic) bond motifs is 2. The quantitative estimate of drug-likeness (QED) is 0.129. The molecule has 19 atom stereocenters. The summed E-state index contributed by atoms with van der Waals surface area (Å²) in [5.74, 6) is -6.80. The summed E-state index contributed by atoms with van der Waals surface area (Å²) in [6, 6.07) is -1.16. The minimum atomic E-state index is -2.34. The van der Waals surface area contributed by atoms with Crippen LogP contribution in [-0.4, -0.2) is 166 Å². The Labute approximate surface area is 404 Å². The second-order valence-electron chi connectivity index (χ2n) is 18.4. The van der Waals surface area contributed by atoms with Crippen LogP contribution in [0.1, 0.15) is 86.0 Å². The molecule has 0 aliphatic carbocycles. The predicted molar refractivity (Wildman–Crippen MR) is 251 cm³/mol. The molecule has 0 unspecified atom stereocenters. The van der Waals surface area contributed by atoms with Crippen molar-refractivity contribution < 1.29 is 84.4 Å². The van der Waals surface area contributed by atoms with Crippen LogP contribution in [0, 0.1) is 17.8 Å². The Balaban J connectivity index is 1.92. The van der Waals surface area contributed by atoms with E-state index in [1.54, 1.807) is 80.7 Å². The van der Waals surface area contributed by atoms with Gasteiger partial charge in [-0.15, -0.1) is 0 Å². The third-order valence-corrected chi connectivity index (χ3v) is 12.4. The highest BCUT2D eigenvalue weighted by molar-refractivity contribution is 5.83. The lowest BCUT2D eigenvalue weighted by Crippen LogP contribution is -2.62. The van der Waals surface area contributed by atoms with E-state index in [0.717, 1.165) is 6.92 Å². The van der Waals surface area contributed by atoms with E-state index in [0.29, 0.717) is 0 Å². The summed E-state index contributed by atoms with van der Waals surface area (Å²) in [5, 5.41) is 109. The first-order valence-corrected chi connectivity index (χ1v) is 23.5. The molecule has 14 N–H and O–H groups in total. The molecule has 3 aliphatic rings. The smallest absolute Gasteiger partial charge is 0.308 e. The summed E-state index contributed by atoms with van der Waals surface area (Å²) in [4.78, 5) is 37.8. The molecule has 2 bridgehead atoms. The highest BCUT2D eigenvalue weighted by Crippen LogP contribution is 2.38. The number of nitrogens with two attached hydrogens (primary N) is 1. The first-order valence-electron chi connectivity index (χ1n) is 23.5. The van der Waals surface area contributed by atoms with Crippen LogP contribution in [0.2, 0.25) is 0 Å². The molecule has 3 heterocycles. The van der Waals surface area contributed by atoms with Gasteiger partial charge in [0.15, 0.2) is 12.1 Å². The molecule has 20 nitrogen and oxygen atoms in total.